The van der Waals surface area contributed by atoms with Gasteiger partial charge in [0, 0.05) is 30.6 Å². The molecule has 3 aromatic heterocycles. The molecule has 0 N–H and O–H groups in total. The van der Waals surface area contributed by atoms with Gasteiger partial charge < -0.3 is 0 Å². The lowest BCUT2D eigenvalue weighted by atomic mass is 9.82. The van der Waals surface area contributed by atoms with Crippen molar-refractivity contribution in [2.24, 2.45) is 0 Å². The van der Waals surface area contributed by atoms with Gasteiger partial charge >= 0.3 is 0 Å². The second kappa shape index (κ2) is 6.59. The van der Waals surface area contributed by atoms with Gasteiger partial charge in [0.1, 0.15) is 6.33 Å². The lowest BCUT2D eigenvalue weighted by Gasteiger charge is -2.22. The van der Waals surface area contributed by atoms with Crippen LogP contribution >= 0.6 is 22.7 Å². The highest BCUT2D eigenvalue weighted by atomic mass is 32.1. The summed E-state index contributed by atoms with van der Waals surface area (Å²) in [5, 5.41) is 5.15. The van der Waals surface area contributed by atoms with E-state index in [1.807, 2.05) is 11.3 Å². The highest BCUT2D eigenvalue weighted by Gasteiger charge is 2.21. The number of aromatic nitrogens is 2. The Morgan fingerprint density at radius 2 is 1.61 bits per heavy atom. The van der Waals surface area contributed by atoms with Gasteiger partial charge in [-0.2, -0.15) is 0 Å². The molecule has 0 unspecified atom stereocenters. The molecule has 2 nitrogen and oxygen atoms in total. The highest BCUT2D eigenvalue weighted by Crippen LogP contribution is 2.43. The van der Waals surface area contributed by atoms with Gasteiger partial charge in [-0.25, -0.2) is 9.97 Å². The fourth-order valence-electron chi connectivity index (χ4n) is 4.58. The van der Waals surface area contributed by atoms with Crippen LogP contribution in [0.1, 0.15) is 31.2 Å². The number of aryl methyl sites for hydroxylation is 1. The van der Waals surface area contributed by atoms with E-state index in [2.05, 4.69) is 82.3 Å². The van der Waals surface area contributed by atoms with Gasteiger partial charge in [0.15, 0.2) is 0 Å². The summed E-state index contributed by atoms with van der Waals surface area (Å²) in [4.78, 5) is 10.9. The van der Waals surface area contributed by atoms with Crippen molar-refractivity contribution < 1.29 is 0 Å². The molecule has 0 saturated carbocycles. The van der Waals surface area contributed by atoms with E-state index in [1.165, 1.54) is 51.6 Å². The molecule has 0 amide bonds. The van der Waals surface area contributed by atoms with Crippen LogP contribution in [0.15, 0.2) is 60.9 Å². The summed E-state index contributed by atoms with van der Waals surface area (Å²) < 4.78 is 3.77. The molecule has 0 aliphatic carbocycles. The first-order valence-corrected chi connectivity index (χ1v) is 12.1. The van der Waals surface area contributed by atoms with Gasteiger partial charge in [-0.3, -0.25) is 0 Å². The smallest absolute Gasteiger partial charge is 0.116 e. The third kappa shape index (κ3) is 2.89. The summed E-state index contributed by atoms with van der Waals surface area (Å²) in [7, 11) is 0. The Bertz CT molecular complexity index is 1630. The van der Waals surface area contributed by atoms with Crippen molar-refractivity contribution in [2.75, 3.05) is 0 Å². The molecule has 3 heterocycles. The Hall–Kier alpha value is -2.82. The van der Waals surface area contributed by atoms with Gasteiger partial charge in [0.25, 0.3) is 0 Å². The first-order chi connectivity index (χ1) is 14.9. The van der Waals surface area contributed by atoms with Crippen LogP contribution in [0, 0.1) is 6.92 Å². The fraction of sp³-hybridized carbons (Fsp3) is 0.185. The molecule has 0 aliphatic heterocycles. The minimum absolute atomic E-state index is 0.0439. The summed E-state index contributed by atoms with van der Waals surface area (Å²) in [6.07, 6.45) is 1.73. The van der Waals surface area contributed by atoms with Crippen molar-refractivity contribution in [3.05, 3.63) is 71.4 Å². The number of rotatable bonds is 1. The SMILES string of the molecule is Cc1cc2c(ccc3sc4c(-c5cc(C(C)(C)C)c6ccccc6c5)ncnc4c32)s1. The topological polar surface area (TPSA) is 25.8 Å². The lowest BCUT2D eigenvalue weighted by molar-refractivity contribution is 0.596. The Balaban J connectivity index is 1.71. The molecule has 6 rings (SSSR count). The predicted molar refractivity (Wildman–Crippen MR) is 137 cm³/mol. The van der Waals surface area contributed by atoms with Gasteiger partial charge in [-0.05, 0) is 59.0 Å². The van der Waals surface area contributed by atoms with E-state index in [0.29, 0.717) is 0 Å². The van der Waals surface area contributed by atoms with Gasteiger partial charge in [0.05, 0.1) is 15.9 Å². The van der Waals surface area contributed by atoms with E-state index in [1.54, 1.807) is 17.7 Å². The predicted octanol–water partition coefficient (Wildman–Crippen LogP) is 8.49. The summed E-state index contributed by atoms with van der Waals surface area (Å²) in [6.45, 7) is 9.02. The van der Waals surface area contributed by atoms with Crippen LogP contribution in [-0.2, 0) is 5.41 Å². The Morgan fingerprint density at radius 1 is 0.806 bits per heavy atom. The number of nitrogens with zero attached hydrogens (tertiary/aromatic N) is 2. The first kappa shape index (κ1) is 18.9. The summed E-state index contributed by atoms with van der Waals surface area (Å²) >= 11 is 3.65. The molecule has 152 valence electrons. The molecule has 3 aromatic carbocycles. The molecule has 6 aromatic rings. The van der Waals surface area contributed by atoms with Crippen molar-refractivity contribution >= 4 is 63.8 Å². The van der Waals surface area contributed by atoms with Crippen molar-refractivity contribution in [1.29, 1.82) is 0 Å². The second-order valence-electron chi connectivity index (χ2n) is 9.20. The standard InChI is InChI=1S/C27H22N2S2/c1-15-11-19-21(30-15)9-10-22-23(19)25-26(31-22)24(28-14-29-25)17-12-16-7-5-6-8-18(16)20(13-17)27(2,3)4/h5-14H,1-4H3. The van der Waals surface area contributed by atoms with Crippen LogP contribution in [0.5, 0.6) is 0 Å². The average Bonchev–Trinajstić information content (AvgIpc) is 3.31. The number of hydrogen-bond acceptors (Lipinski definition) is 4. The molecular formula is C27H22N2S2. The molecule has 0 spiro atoms. The van der Waals surface area contributed by atoms with E-state index in [0.717, 1.165) is 11.2 Å². The largest absolute Gasteiger partial charge is 0.235 e. The maximum Gasteiger partial charge on any atom is 0.116 e. The molecule has 0 atom stereocenters. The van der Waals surface area contributed by atoms with Crippen LogP contribution in [0.3, 0.4) is 0 Å². The van der Waals surface area contributed by atoms with Gasteiger partial charge in [-0.1, -0.05) is 45.0 Å². The zero-order chi connectivity index (χ0) is 21.3. The molecule has 31 heavy (non-hydrogen) atoms. The zero-order valence-corrected chi connectivity index (χ0v) is 19.6. The molecule has 0 saturated heterocycles. The summed E-state index contributed by atoms with van der Waals surface area (Å²) in [5.41, 5.74) is 4.66. The maximum absolute atomic E-state index is 4.79. The molecule has 0 fully saturated rings. The molecular weight excluding hydrogens is 416 g/mol. The number of benzene rings is 3. The second-order valence-corrected chi connectivity index (χ2v) is 11.5. The Kier molecular flexibility index (Phi) is 4.02. The third-order valence-corrected chi connectivity index (χ3v) is 8.15. The maximum atomic E-state index is 4.79. The normalized spacial score (nSPS) is 12.5. The third-order valence-electron chi connectivity index (χ3n) is 5.98. The van der Waals surface area contributed by atoms with Crippen LogP contribution in [-0.4, -0.2) is 9.97 Å². The van der Waals surface area contributed by atoms with Crippen molar-refractivity contribution in [2.45, 2.75) is 33.1 Å². The van der Waals surface area contributed by atoms with E-state index in [4.69, 9.17) is 9.97 Å². The number of fused-ring (bicyclic) bond motifs is 6. The van der Waals surface area contributed by atoms with E-state index >= 15 is 0 Å². The minimum atomic E-state index is 0.0439. The summed E-state index contributed by atoms with van der Waals surface area (Å²) in [5.74, 6) is 0. The average molecular weight is 439 g/mol. The quantitative estimate of drug-likeness (QED) is 0.257. The fourth-order valence-corrected chi connectivity index (χ4v) is 6.69. The first-order valence-electron chi connectivity index (χ1n) is 10.5. The lowest BCUT2D eigenvalue weighted by Crippen LogP contribution is -2.12. The zero-order valence-electron chi connectivity index (χ0n) is 18.0. The van der Waals surface area contributed by atoms with Crippen molar-refractivity contribution in [1.82, 2.24) is 9.97 Å². The molecule has 0 radical (unpaired) electrons. The van der Waals surface area contributed by atoms with Gasteiger partial charge in [0.2, 0.25) is 0 Å². The number of thiophene rings is 2. The van der Waals surface area contributed by atoms with Crippen LogP contribution < -0.4 is 0 Å². The van der Waals surface area contributed by atoms with E-state index < -0.39 is 0 Å². The van der Waals surface area contributed by atoms with E-state index in [9.17, 15) is 0 Å². The van der Waals surface area contributed by atoms with Crippen LogP contribution in [0.2, 0.25) is 0 Å². The monoisotopic (exact) mass is 438 g/mol. The van der Waals surface area contributed by atoms with Crippen LogP contribution in [0.4, 0.5) is 0 Å². The minimum Gasteiger partial charge on any atom is -0.235 e. The van der Waals surface area contributed by atoms with Crippen molar-refractivity contribution in [3.63, 3.8) is 0 Å². The molecule has 4 heteroatoms. The molecule has 0 aliphatic rings. The van der Waals surface area contributed by atoms with E-state index in [-0.39, 0.29) is 5.41 Å². The van der Waals surface area contributed by atoms with Crippen LogP contribution in [0.25, 0.3) is 52.4 Å². The Labute approximate surface area is 189 Å². The molecule has 0 bridgehead atoms. The Morgan fingerprint density at radius 3 is 2.45 bits per heavy atom. The van der Waals surface area contributed by atoms with Gasteiger partial charge in [-0.15, -0.1) is 22.7 Å². The summed E-state index contributed by atoms with van der Waals surface area (Å²) in [6, 6.07) is 20.1. The van der Waals surface area contributed by atoms with Crippen molar-refractivity contribution in [3.8, 4) is 11.3 Å². The number of hydrogen-bond donors (Lipinski definition) is 0. The highest BCUT2D eigenvalue weighted by molar-refractivity contribution is 7.26.